The Bertz CT molecular complexity index is 1150. The highest BCUT2D eigenvalue weighted by atomic mass is 16.3. The fourth-order valence-electron chi connectivity index (χ4n) is 11.1. The minimum atomic E-state index is -0.870. The van der Waals surface area contributed by atoms with Crippen LogP contribution in [-0.2, 0) is 4.79 Å². The molecule has 0 aliphatic rings. The van der Waals surface area contributed by atoms with Crippen LogP contribution in [0.25, 0.3) is 0 Å². The quantitative estimate of drug-likeness (QED) is 0.0420. The van der Waals surface area contributed by atoms with Gasteiger partial charge in [-0.25, -0.2) is 0 Å². The van der Waals surface area contributed by atoms with Gasteiger partial charge < -0.3 is 15.5 Å². The molecular formula is C71H137NO3. The highest BCUT2D eigenvalue weighted by Gasteiger charge is 2.18. The fourth-order valence-corrected chi connectivity index (χ4v) is 11.1. The molecule has 1 amide bonds. The van der Waals surface area contributed by atoms with E-state index in [1.165, 1.54) is 334 Å². The molecule has 0 radical (unpaired) electrons. The zero-order valence-electron chi connectivity index (χ0n) is 51.3. The van der Waals surface area contributed by atoms with Crippen molar-refractivity contribution in [2.45, 2.75) is 405 Å². The number of aliphatic hydroxyl groups is 2. The zero-order valence-corrected chi connectivity index (χ0v) is 51.3. The van der Waals surface area contributed by atoms with Crippen LogP contribution in [0.1, 0.15) is 393 Å². The molecule has 0 saturated heterocycles. The third kappa shape index (κ3) is 63.3. The van der Waals surface area contributed by atoms with E-state index in [0.29, 0.717) is 6.42 Å². The average Bonchev–Trinajstić information content (AvgIpc) is 3.41. The molecule has 0 aliphatic heterocycles. The van der Waals surface area contributed by atoms with Gasteiger partial charge in [0.1, 0.15) is 0 Å². The van der Waals surface area contributed by atoms with Gasteiger partial charge in [-0.2, -0.15) is 0 Å². The first-order valence-electron chi connectivity index (χ1n) is 34.7. The van der Waals surface area contributed by atoms with Crippen LogP contribution in [0.5, 0.6) is 0 Å². The molecule has 0 aromatic rings. The van der Waals surface area contributed by atoms with E-state index in [0.717, 1.165) is 38.5 Å². The largest absolute Gasteiger partial charge is 0.394 e. The smallest absolute Gasteiger partial charge is 0.220 e. The van der Waals surface area contributed by atoms with Crippen molar-refractivity contribution in [2.24, 2.45) is 0 Å². The topological polar surface area (TPSA) is 69.6 Å². The van der Waals surface area contributed by atoms with Crippen LogP contribution in [0, 0.1) is 0 Å². The number of rotatable bonds is 65. The van der Waals surface area contributed by atoms with Crippen molar-refractivity contribution < 1.29 is 15.0 Å². The standard InChI is InChI=1S/C71H137NO3/c1-3-5-7-9-11-13-15-17-19-21-23-25-27-29-30-31-32-33-34-35-36-37-38-39-40-41-42-43-45-47-49-51-53-55-57-59-61-63-65-67-71(75)72-69(68-73)70(74)66-64-62-60-58-56-54-52-50-48-46-44-28-26-24-22-20-18-16-14-12-10-8-6-4-2/h48,50,56,58,64,66,69-70,73-74H,3-47,49,51-55,57,59-63,65,67-68H2,1-2H3,(H,72,75)/b50-48+,58-56+,66-64+. The lowest BCUT2D eigenvalue weighted by atomic mass is 10.0. The normalized spacial score (nSPS) is 12.9. The van der Waals surface area contributed by atoms with Crippen LogP contribution >= 0.6 is 0 Å². The molecule has 0 aromatic heterocycles. The van der Waals surface area contributed by atoms with Crippen molar-refractivity contribution in [3.05, 3.63) is 36.5 Å². The number of hydrogen-bond acceptors (Lipinski definition) is 3. The van der Waals surface area contributed by atoms with Gasteiger partial charge in [-0.05, 0) is 44.9 Å². The molecule has 444 valence electrons. The maximum Gasteiger partial charge on any atom is 0.220 e. The van der Waals surface area contributed by atoms with Gasteiger partial charge in [-0.15, -0.1) is 0 Å². The summed E-state index contributed by atoms with van der Waals surface area (Å²) in [6.07, 6.45) is 92.5. The maximum absolute atomic E-state index is 12.5. The van der Waals surface area contributed by atoms with Gasteiger partial charge in [0.25, 0.3) is 0 Å². The number of unbranched alkanes of at least 4 members (excludes halogenated alkanes) is 54. The van der Waals surface area contributed by atoms with E-state index in [-0.39, 0.29) is 12.5 Å². The monoisotopic (exact) mass is 1050 g/mol. The van der Waals surface area contributed by atoms with Crippen LogP contribution in [-0.4, -0.2) is 34.9 Å². The van der Waals surface area contributed by atoms with Gasteiger partial charge in [-0.3, -0.25) is 4.79 Å². The minimum absolute atomic E-state index is 0.0698. The van der Waals surface area contributed by atoms with E-state index in [1.807, 2.05) is 6.08 Å². The number of allylic oxidation sites excluding steroid dienone is 5. The molecule has 0 heterocycles. The molecule has 0 spiro atoms. The van der Waals surface area contributed by atoms with Gasteiger partial charge in [0.15, 0.2) is 0 Å². The first kappa shape index (κ1) is 73.6. The first-order valence-corrected chi connectivity index (χ1v) is 34.7. The van der Waals surface area contributed by atoms with Crippen molar-refractivity contribution in [2.75, 3.05) is 6.61 Å². The number of carbonyl (C=O) groups is 1. The third-order valence-electron chi connectivity index (χ3n) is 16.4. The van der Waals surface area contributed by atoms with Gasteiger partial charge in [-0.1, -0.05) is 378 Å². The van der Waals surface area contributed by atoms with E-state index < -0.39 is 12.1 Å². The van der Waals surface area contributed by atoms with Gasteiger partial charge in [0.2, 0.25) is 5.91 Å². The Labute approximate surface area is 472 Å². The summed E-state index contributed by atoms with van der Waals surface area (Å²) in [7, 11) is 0. The number of carbonyl (C=O) groups excluding carboxylic acids is 1. The second kappa shape index (κ2) is 66.9. The Morgan fingerprint density at radius 1 is 0.307 bits per heavy atom. The molecule has 75 heavy (non-hydrogen) atoms. The Morgan fingerprint density at radius 2 is 0.520 bits per heavy atom. The summed E-state index contributed by atoms with van der Waals surface area (Å²) < 4.78 is 0. The van der Waals surface area contributed by atoms with Gasteiger partial charge in [0.05, 0.1) is 18.8 Å². The molecule has 0 aliphatic carbocycles. The summed E-state index contributed by atoms with van der Waals surface area (Å²) in [6, 6.07) is -0.645. The summed E-state index contributed by atoms with van der Waals surface area (Å²) in [5.41, 5.74) is 0. The highest BCUT2D eigenvalue weighted by molar-refractivity contribution is 5.76. The van der Waals surface area contributed by atoms with Crippen molar-refractivity contribution in [1.29, 1.82) is 0 Å². The van der Waals surface area contributed by atoms with Gasteiger partial charge >= 0.3 is 0 Å². The van der Waals surface area contributed by atoms with Crippen molar-refractivity contribution in [1.82, 2.24) is 5.32 Å². The molecule has 3 N–H and O–H groups in total. The molecule has 4 heteroatoms. The van der Waals surface area contributed by atoms with E-state index in [9.17, 15) is 15.0 Å². The predicted molar refractivity (Wildman–Crippen MR) is 336 cm³/mol. The lowest BCUT2D eigenvalue weighted by Crippen LogP contribution is -2.45. The first-order chi connectivity index (χ1) is 37.2. The average molecular weight is 1050 g/mol. The second-order valence-corrected chi connectivity index (χ2v) is 23.9. The van der Waals surface area contributed by atoms with Crippen molar-refractivity contribution >= 4 is 5.91 Å². The molecular weight excluding hydrogens is 915 g/mol. The fraction of sp³-hybridized carbons (Fsp3) is 0.901. The summed E-state index contributed by atoms with van der Waals surface area (Å²) in [6.45, 7) is 4.34. The molecule has 0 aromatic carbocycles. The van der Waals surface area contributed by atoms with Crippen LogP contribution < -0.4 is 5.32 Å². The minimum Gasteiger partial charge on any atom is -0.394 e. The number of nitrogens with one attached hydrogen (secondary N) is 1. The third-order valence-corrected chi connectivity index (χ3v) is 16.4. The molecule has 0 bridgehead atoms. The highest BCUT2D eigenvalue weighted by Crippen LogP contribution is 2.19. The molecule has 0 rings (SSSR count). The summed E-state index contributed by atoms with van der Waals surface area (Å²) in [5, 5.41) is 23.2. The molecule has 4 nitrogen and oxygen atoms in total. The van der Waals surface area contributed by atoms with E-state index in [4.69, 9.17) is 0 Å². The lowest BCUT2D eigenvalue weighted by molar-refractivity contribution is -0.123. The Morgan fingerprint density at radius 3 is 0.773 bits per heavy atom. The van der Waals surface area contributed by atoms with Crippen LogP contribution in [0.15, 0.2) is 36.5 Å². The Hall–Kier alpha value is -1.39. The number of hydrogen-bond donors (Lipinski definition) is 3. The molecule has 0 saturated carbocycles. The summed E-state index contributed by atoms with van der Waals surface area (Å²) in [5.74, 6) is -0.0698. The maximum atomic E-state index is 12.5. The SMILES string of the molecule is CCCCCCCCCCCCCCCC/C=C/CC/C=C/CC/C=C/C(O)C(CO)NC(=O)CCCCCCCCCCCCCCCCCCCCCCCCCCCCCCCCCCCCCCCCC. The Balaban J connectivity index is 3.42. The number of amides is 1. The van der Waals surface area contributed by atoms with Crippen molar-refractivity contribution in [3.63, 3.8) is 0 Å². The van der Waals surface area contributed by atoms with Crippen molar-refractivity contribution in [3.8, 4) is 0 Å². The molecule has 2 atom stereocenters. The van der Waals surface area contributed by atoms with Gasteiger partial charge in [0, 0.05) is 6.42 Å². The number of aliphatic hydroxyl groups excluding tert-OH is 2. The zero-order chi connectivity index (χ0) is 54.1. The van der Waals surface area contributed by atoms with E-state index >= 15 is 0 Å². The van der Waals surface area contributed by atoms with Crippen LogP contribution in [0.2, 0.25) is 0 Å². The van der Waals surface area contributed by atoms with Crippen LogP contribution in [0.3, 0.4) is 0 Å². The lowest BCUT2D eigenvalue weighted by Gasteiger charge is -2.19. The summed E-state index contributed by atoms with van der Waals surface area (Å²) in [4.78, 5) is 12.5. The van der Waals surface area contributed by atoms with E-state index in [2.05, 4.69) is 43.5 Å². The predicted octanol–water partition coefficient (Wildman–Crippen LogP) is 23.5. The van der Waals surface area contributed by atoms with E-state index in [1.54, 1.807) is 6.08 Å². The summed E-state index contributed by atoms with van der Waals surface area (Å²) >= 11 is 0. The van der Waals surface area contributed by atoms with Crippen LogP contribution in [0.4, 0.5) is 0 Å². The molecule has 0 fully saturated rings. The Kier molecular flexibility index (Phi) is 65.6. The molecule has 2 unspecified atom stereocenters. The second-order valence-electron chi connectivity index (χ2n) is 23.9.